The van der Waals surface area contributed by atoms with Gasteiger partial charge in [0.1, 0.15) is 0 Å². The van der Waals surface area contributed by atoms with Gasteiger partial charge in [0.25, 0.3) is 0 Å². The number of rotatable bonds is 8. The molecule has 3 aromatic heterocycles. The van der Waals surface area contributed by atoms with Gasteiger partial charge in [-0.1, -0.05) is 6.07 Å². The first kappa shape index (κ1) is 24.7. The van der Waals surface area contributed by atoms with Crippen molar-refractivity contribution in [2.24, 2.45) is 19.8 Å². The second-order valence-corrected chi connectivity index (χ2v) is 10.4. The number of likely N-dealkylation sites (tertiary alicyclic amines) is 1. The SMILES string of the molecule is Cc1ccc(C(N)=O)c(CCN2CCCC2(C)C)c1Nc1nn(C)c2nc(Nc3cnn(C)c3)ncc12. The summed E-state index contributed by atoms with van der Waals surface area (Å²) in [6.07, 6.45) is 8.37. The Morgan fingerprint density at radius 1 is 1.19 bits per heavy atom. The van der Waals surface area contributed by atoms with Crippen molar-refractivity contribution in [1.82, 2.24) is 34.4 Å². The second kappa shape index (κ2) is 9.47. The Morgan fingerprint density at radius 2 is 2.00 bits per heavy atom. The Kier molecular flexibility index (Phi) is 6.32. The summed E-state index contributed by atoms with van der Waals surface area (Å²) in [6, 6.07) is 3.74. The highest BCUT2D eigenvalue weighted by Crippen LogP contribution is 2.33. The zero-order valence-corrected chi connectivity index (χ0v) is 22.0. The highest BCUT2D eigenvalue weighted by molar-refractivity contribution is 5.97. The van der Waals surface area contributed by atoms with Gasteiger partial charge in [-0.15, -0.1) is 0 Å². The standard InChI is InChI=1S/C26H34N10O/c1-16-7-8-19(22(27)37)18(9-12-36-11-6-10-26(36,2)3)21(16)31-23-20-14-28-25(32-24(20)35(5)33-23)30-17-13-29-34(4)15-17/h7-8,13-15H,6,9-12H2,1-5H3,(H2,27,37)(H,31,33)(H,28,30,32). The fourth-order valence-electron chi connectivity index (χ4n) is 5.18. The van der Waals surface area contributed by atoms with Crippen LogP contribution in [0.15, 0.2) is 30.7 Å². The molecule has 0 spiro atoms. The van der Waals surface area contributed by atoms with Crippen molar-refractivity contribution < 1.29 is 4.79 Å². The van der Waals surface area contributed by atoms with Crippen LogP contribution >= 0.6 is 0 Å². The summed E-state index contributed by atoms with van der Waals surface area (Å²) in [5.41, 5.74) is 10.7. The molecule has 0 atom stereocenters. The maximum absolute atomic E-state index is 12.4. The molecule has 0 bridgehead atoms. The number of nitrogens with two attached hydrogens (primary N) is 1. The molecule has 11 nitrogen and oxygen atoms in total. The van der Waals surface area contributed by atoms with Crippen molar-refractivity contribution >= 4 is 40.1 Å². The van der Waals surface area contributed by atoms with Crippen LogP contribution in [0.3, 0.4) is 0 Å². The summed E-state index contributed by atoms with van der Waals surface area (Å²) in [4.78, 5) is 24.0. The van der Waals surface area contributed by atoms with Gasteiger partial charge < -0.3 is 16.4 Å². The largest absolute Gasteiger partial charge is 0.366 e. The molecule has 1 aromatic carbocycles. The minimum Gasteiger partial charge on any atom is -0.366 e. The number of fused-ring (bicyclic) bond motifs is 1. The maximum atomic E-state index is 12.4. The van der Waals surface area contributed by atoms with Crippen LogP contribution in [0.1, 0.15) is 48.2 Å². The Balaban J connectivity index is 1.47. The second-order valence-electron chi connectivity index (χ2n) is 10.4. The maximum Gasteiger partial charge on any atom is 0.249 e. The van der Waals surface area contributed by atoms with Crippen molar-refractivity contribution in [1.29, 1.82) is 0 Å². The van der Waals surface area contributed by atoms with E-state index in [2.05, 4.69) is 49.5 Å². The van der Waals surface area contributed by atoms with Crippen LogP contribution in [0.2, 0.25) is 0 Å². The summed E-state index contributed by atoms with van der Waals surface area (Å²) in [7, 11) is 3.70. The summed E-state index contributed by atoms with van der Waals surface area (Å²) < 4.78 is 3.42. The number of nitrogens with zero attached hydrogens (tertiary/aromatic N) is 7. The van der Waals surface area contributed by atoms with Crippen molar-refractivity contribution in [2.45, 2.75) is 45.6 Å². The summed E-state index contributed by atoms with van der Waals surface area (Å²) >= 11 is 0. The lowest BCUT2D eigenvalue weighted by Gasteiger charge is -2.32. The number of aromatic nitrogens is 6. The van der Waals surface area contributed by atoms with E-state index in [-0.39, 0.29) is 5.54 Å². The lowest BCUT2D eigenvalue weighted by molar-refractivity contribution is 0.0999. The van der Waals surface area contributed by atoms with Crippen LogP contribution < -0.4 is 16.4 Å². The fraction of sp³-hybridized carbons (Fsp3) is 0.423. The first-order valence-corrected chi connectivity index (χ1v) is 12.5. The Hall–Kier alpha value is -3.99. The number of aryl methyl sites for hydroxylation is 3. The molecule has 0 saturated carbocycles. The molecule has 5 rings (SSSR count). The highest BCUT2D eigenvalue weighted by Gasteiger charge is 2.31. The minimum atomic E-state index is -0.431. The molecule has 194 valence electrons. The molecule has 11 heteroatoms. The number of nitrogens with one attached hydrogen (secondary N) is 2. The molecule has 0 unspecified atom stereocenters. The summed E-state index contributed by atoms with van der Waals surface area (Å²) in [6.45, 7) is 8.49. The normalized spacial score (nSPS) is 15.4. The Labute approximate surface area is 216 Å². The smallest absolute Gasteiger partial charge is 0.249 e. The molecule has 1 saturated heterocycles. The zero-order chi connectivity index (χ0) is 26.3. The number of hydrogen-bond donors (Lipinski definition) is 3. The monoisotopic (exact) mass is 502 g/mol. The van der Waals surface area contributed by atoms with E-state index in [0.717, 1.165) is 41.0 Å². The van der Waals surface area contributed by atoms with Gasteiger partial charge in [0.05, 0.1) is 17.3 Å². The van der Waals surface area contributed by atoms with E-state index >= 15 is 0 Å². The van der Waals surface area contributed by atoms with Crippen LogP contribution in [0.25, 0.3) is 11.0 Å². The molecule has 1 amide bonds. The van der Waals surface area contributed by atoms with Crippen molar-refractivity contribution in [3.8, 4) is 0 Å². The molecule has 4 heterocycles. The zero-order valence-electron chi connectivity index (χ0n) is 22.0. The predicted molar refractivity (Wildman–Crippen MR) is 144 cm³/mol. The van der Waals surface area contributed by atoms with Crippen LogP contribution in [0, 0.1) is 6.92 Å². The van der Waals surface area contributed by atoms with E-state index in [1.165, 1.54) is 12.8 Å². The number of benzene rings is 1. The van der Waals surface area contributed by atoms with Crippen molar-refractivity contribution in [2.75, 3.05) is 23.7 Å². The van der Waals surface area contributed by atoms with Crippen LogP contribution in [-0.2, 0) is 20.5 Å². The van der Waals surface area contributed by atoms with E-state index in [4.69, 9.17) is 5.73 Å². The Bertz CT molecular complexity index is 1470. The molecular weight excluding hydrogens is 468 g/mol. The predicted octanol–water partition coefficient (Wildman–Crippen LogP) is 3.41. The lowest BCUT2D eigenvalue weighted by atomic mass is 9.96. The number of anilines is 4. The van der Waals surface area contributed by atoms with E-state index in [0.29, 0.717) is 29.4 Å². The minimum absolute atomic E-state index is 0.153. The molecule has 1 aliphatic heterocycles. The van der Waals surface area contributed by atoms with Gasteiger partial charge in [0, 0.05) is 49.8 Å². The van der Waals surface area contributed by atoms with Gasteiger partial charge in [-0.3, -0.25) is 14.4 Å². The van der Waals surface area contributed by atoms with Gasteiger partial charge in [0.15, 0.2) is 11.5 Å². The highest BCUT2D eigenvalue weighted by atomic mass is 16.1. The first-order valence-electron chi connectivity index (χ1n) is 12.5. The van der Waals surface area contributed by atoms with Gasteiger partial charge >= 0.3 is 0 Å². The third-order valence-corrected chi connectivity index (χ3v) is 7.28. The summed E-state index contributed by atoms with van der Waals surface area (Å²) in [5.74, 6) is 0.646. The molecule has 0 radical (unpaired) electrons. The van der Waals surface area contributed by atoms with E-state index in [1.54, 1.807) is 21.8 Å². The number of carbonyl (C=O) groups excluding carboxylic acids is 1. The van der Waals surface area contributed by atoms with Crippen LogP contribution in [-0.4, -0.2) is 59.0 Å². The van der Waals surface area contributed by atoms with Gasteiger partial charge in [0.2, 0.25) is 11.9 Å². The number of carbonyl (C=O) groups is 1. The molecule has 0 aliphatic carbocycles. The third kappa shape index (κ3) is 4.86. The molecule has 37 heavy (non-hydrogen) atoms. The lowest BCUT2D eigenvalue weighted by Crippen LogP contribution is -2.39. The Morgan fingerprint density at radius 3 is 2.68 bits per heavy atom. The third-order valence-electron chi connectivity index (χ3n) is 7.28. The number of hydrogen-bond acceptors (Lipinski definition) is 8. The van der Waals surface area contributed by atoms with E-state index in [1.807, 2.05) is 39.3 Å². The van der Waals surface area contributed by atoms with E-state index in [9.17, 15) is 4.79 Å². The van der Waals surface area contributed by atoms with Crippen LogP contribution in [0.4, 0.5) is 23.1 Å². The van der Waals surface area contributed by atoms with Crippen molar-refractivity contribution in [3.05, 3.63) is 47.4 Å². The van der Waals surface area contributed by atoms with Crippen molar-refractivity contribution in [3.63, 3.8) is 0 Å². The average Bonchev–Trinajstić information content (AvgIpc) is 3.50. The fourth-order valence-corrected chi connectivity index (χ4v) is 5.18. The molecular formula is C26H34N10O. The van der Waals surface area contributed by atoms with E-state index < -0.39 is 5.91 Å². The number of primary amides is 1. The molecule has 4 aromatic rings. The number of amides is 1. The molecule has 1 fully saturated rings. The first-order chi connectivity index (χ1) is 17.6. The van der Waals surface area contributed by atoms with Gasteiger partial charge in [-0.25, -0.2) is 9.67 Å². The van der Waals surface area contributed by atoms with Gasteiger partial charge in [-0.2, -0.15) is 15.2 Å². The van der Waals surface area contributed by atoms with Gasteiger partial charge in [-0.05, 0) is 63.8 Å². The topological polar surface area (TPSA) is 132 Å². The summed E-state index contributed by atoms with van der Waals surface area (Å²) in [5, 5.41) is 16.3. The molecule has 4 N–H and O–H groups in total. The quantitative estimate of drug-likeness (QED) is 0.334. The van der Waals surface area contributed by atoms with Crippen LogP contribution in [0.5, 0.6) is 0 Å². The molecule has 1 aliphatic rings. The average molecular weight is 503 g/mol.